The van der Waals surface area contributed by atoms with Gasteiger partial charge in [0.05, 0.1) is 6.04 Å². The van der Waals surface area contributed by atoms with E-state index in [1.165, 1.54) is 19.1 Å². The number of hydrogen-bond donors (Lipinski definition) is 0. The standard InChI is InChI=1S/C10H13NO4/c1-3-8(6-15-7(2)12)11-9(13)4-5-10(11)14/h4-5,8H,3,6H2,1-2H3. The van der Waals surface area contributed by atoms with Crippen LogP contribution in [0, 0.1) is 0 Å². The number of rotatable bonds is 4. The maximum Gasteiger partial charge on any atom is 0.302 e. The van der Waals surface area contributed by atoms with Gasteiger partial charge in [0, 0.05) is 19.1 Å². The van der Waals surface area contributed by atoms with Crippen LogP contribution in [0.15, 0.2) is 12.2 Å². The molecule has 0 fully saturated rings. The first-order chi connectivity index (χ1) is 7.06. The lowest BCUT2D eigenvalue weighted by molar-refractivity contribution is -0.149. The van der Waals surface area contributed by atoms with Crippen molar-refractivity contribution in [3.05, 3.63) is 12.2 Å². The molecule has 0 radical (unpaired) electrons. The van der Waals surface area contributed by atoms with Crippen molar-refractivity contribution in [3.63, 3.8) is 0 Å². The molecule has 5 nitrogen and oxygen atoms in total. The molecule has 15 heavy (non-hydrogen) atoms. The average molecular weight is 211 g/mol. The molecule has 1 atom stereocenters. The number of amides is 2. The molecular weight excluding hydrogens is 198 g/mol. The topological polar surface area (TPSA) is 63.7 Å². The van der Waals surface area contributed by atoms with E-state index in [-0.39, 0.29) is 24.5 Å². The summed E-state index contributed by atoms with van der Waals surface area (Å²) in [6.45, 7) is 3.18. The molecule has 1 unspecified atom stereocenters. The van der Waals surface area contributed by atoms with Crippen LogP contribution < -0.4 is 0 Å². The van der Waals surface area contributed by atoms with Gasteiger partial charge in [-0.05, 0) is 6.42 Å². The van der Waals surface area contributed by atoms with Crippen molar-refractivity contribution >= 4 is 17.8 Å². The summed E-state index contributed by atoms with van der Waals surface area (Å²) >= 11 is 0. The summed E-state index contributed by atoms with van der Waals surface area (Å²) in [4.78, 5) is 34.3. The van der Waals surface area contributed by atoms with Crippen molar-refractivity contribution in [1.82, 2.24) is 4.90 Å². The Balaban J connectivity index is 2.62. The second kappa shape index (κ2) is 4.72. The molecule has 5 heteroatoms. The molecule has 0 saturated carbocycles. The van der Waals surface area contributed by atoms with Gasteiger partial charge in [0.25, 0.3) is 11.8 Å². The van der Waals surface area contributed by atoms with E-state index in [4.69, 9.17) is 4.74 Å². The van der Waals surface area contributed by atoms with Crippen LogP contribution in [0.3, 0.4) is 0 Å². The molecule has 2 amide bonds. The van der Waals surface area contributed by atoms with Crippen molar-refractivity contribution in [2.75, 3.05) is 6.61 Å². The first kappa shape index (κ1) is 11.4. The maximum atomic E-state index is 11.3. The Kier molecular flexibility index (Phi) is 3.60. The molecule has 1 rings (SSSR count). The van der Waals surface area contributed by atoms with Gasteiger partial charge >= 0.3 is 5.97 Å². The minimum Gasteiger partial charge on any atom is -0.464 e. The Bertz CT molecular complexity index is 303. The summed E-state index contributed by atoms with van der Waals surface area (Å²) in [5.41, 5.74) is 0. The minimum absolute atomic E-state index is 0.0605. The van der Waals surface area contributed by atoms with E-state index >= 15 is 0 Å². The fourth-order valence-electron chi connectivity index (χ4n) is 1.36. The summed E-state index contributed by atoms with van der Waals surface area (Å²) < 4.78 is 4.79. The van der Waals surface area contributed by atoms with Crippen LogP contribution in [-0.2, 0) is 19.1 Å². The molecule has 1 heterocycles. The number of carbonyl (C=O) groups is 3. The van der Waals surface area contributed by atoms with E-state index in [2.05, 4.69) is 0 Å². The lowest BCUT2D eigenvalue weighted by Crippen LogP contribution is -2.42. The highest BCUT2D eigenvalue weighted by atomic mass is 16.5. The number of esters is 1. The third-order valence-electron chi connectivity index (χ3n) is 2.16. The van der Waals surface area contributed by atoms with Gasteiger partial charge in [-0.1, -0.05) is 6.92 Å². The van der Waals surface area contributed by atoms with Crippen LogP contribution in [0.5, 0.6) is 0 Å². The molecule has 0 saturated heterocycles. The van der Waals surface area contributed by atoms with Crippen LogP contribution in [0.1, 0.15) is 20.3 Å². The molecule has 0 aliphatic carbocycles. The van der Waals surface area contributed by atoms with E-state index in [0.717, 1.165) is 4.90 Å². The zero-order chi connectivity index (χ0) is 11.4. The third-order valence-corrected chi connectivity index (χ3v) is 2.16. The first-order valence-corrected chi connectivity index (χ1v) is 4.74. The SMILES string of the molecule is CCC(COC(C)=O)N1C(=O)C=CC1=O. The van der Waals surface area contributed by atoms with E-state index in [1.807, 2.05) is 6.92 Å². The number of carbonyl (C=O) groups excluding carboxylic acids is 3. The molecule has 0 aromatic carbocycles. The molecule has 0 aromatic rings. The Morgan fingerprint density at radius 2 is 1.93 bits per heavy atom. The van der Waals surface area contributed by atoms with Gasteiger partial charge < -0.3 is 4.74 Å². The molecule has 0 aromatic heterocycles. The molecule has 1 aliphatic rings. The van der Waals surface area contributed by atoms with E-state index < -0.39 is 5.97 Å². The number of ether oxygens (including phenoxy) is 1. The molecule has 0 N–H and O–H groups in total. The number of hydrogen-bond acceptors (Lipinski definition) is 4. The van der Waals surface area contributed by atoms with Crippen molar-refractivity contribution in [1.29, 1.82) is 0 Å². The normalized spacial score (nSPS) is 17.1. The summed E-state index contributed by atoms with van der Waals surface area (Å²) in [5.74, 6) is -1.11. The Morgan fingerprint density at radius 3 is 2.33 bits per heavy atom. The summed E-state index contributed by atoms with van der Waals surface area (Å²) in [6, 6.07) is -0.371. The monoisotopic (exact) mass is 211 g/mol. The molecular formula is C10H13NO4. The maximum absolute atomic E-state index is 11.3. The van der Waals surface area contributed by atoms with Gasteiger partial charge in [-0.2, -0.15) is 0 Å². The van der Waals surface area contributed by atoms with Crippen LogP contribution in [0.25, 0.3) is 0 Å². The lowest BCUT2D eigenvalue weighted by Gasteiger charge is -2.24. The Hall–Kier alpha value is -1.65. The van der Waals surface area contributed by atoms with Crippen molar-refractivity contribution in [2.45, 2.75) is 26.3 Å². The quantitative estimate of drug-likeness (QED) is 0.494. The van der Waals surface area contributed by atoms with Gasteiger partial charge in [0.1, 0.15) is 6.61 Å². The average Bonchev–Trinajstić information content (AvgIpc) is 2.49. The highest BCUT2D eigenvalue weighted by Gasteiger charge is 2.30. The fourth-order valence-corrected chi connectivity index (χ4v) is 1.36. The predicted octanol–water partition coefficient (Wildman–Crippen LogP) is 0.253. The highest BCUT2D eigenvalue weighted by molar-refractivity contribution is 6.13. The van der Waals surface area contributed by atoms with Gasteiger partial charge in [-0.3, -0.25) is 19.3 Å². The van der Waals surface area contributed by atoms with Crippen LogP contribution >= 0.6 is 0 Å². The number of imide groups is 1. The van der Waals surface area contributed by atoms with Gasteiger partial charge in [-0.25, -0.2) is 0 Å². The smallest absolute Gasteiger partial charge is 0.302 e. The van der Waals surface area contributed by atoms with Gasteiger partial charge in [-0.15, -0.1) is 0 Å². The van der Waals surface area contributed by atoms with E-state index in [1.54, 1.807) is 0 Å². The molecule has 1 aliphatic heterocycles. The second-order valence-corrected chi connectivity index (χ2v) is 3.24. The summed E-state index contributed by atoms with van der Waals surface area (Å²) in [7, 11) is 0. The summed E-state index contributed by atoms with van der Waals surface area (Å²) in [6.07, 6.45) is 3.00. The zero-order valence-corrected chi connectivity index (χ0v) is 8.73. The molecule has 82 valence electrons. The summed E-state index contributed by atoms with van der Waals surface area (Å²) in [5, 5.41) is 0. The zero-order valence-electron chi connectivity index (χ0n) is 8.73. The van der Waals surface area contributed by atoms with E-state index in [0.29, 0.717) is 6.42 Å². The fraction of sp³-hybridized carbons (Fsp3) is 0.500. The van der Waals surface area contributed by atoms with E-state index in [9.17, 15) is 14.4 Å². The first-order valence-electron chi connectivity index (χ1n) is 4.74. The minimum atomic E-state index is -0.416. The third kappa shape index (κ3) is 2.65. The molecule has 0 bridgehead atoms. The Morgan fingerprint density at radius 1 is 1.40 bits per heavy atom. The van der Waals surface area contributed by atoms with Crippen LogP contribution in [0.4, 0.5) is 0 Å². The molecule has 0 spiro atoms. The highest BCUT2D eigenvalue weighted by Crippen LogP contribution is 2.12. The van der Waals surface area contributed by atoms with Crippen molar-refractivity contribution < 1.29 is 19.1 Å². The largest absolute Gasteiger partial charge is 0.464 e. The van der Waals surface area contributed by atoms with Crippen molar-refractivity contribution in [3.8, 4) is 0 Å². The van der Waals surface area contributed by atoms with Crippen LogP contribution in [0.2, 0.25) is 0 Å². The predicted molar refractivity (Wildman–Crippen MR) is 51.7 cm³/mol. The van der Waals surface area contributed by atoms with Crippen molar-refractivity contribution in [2.24, 2.45) is 0 Å². The van der Waals surface area contributed by atoms with Gasteiger partial charge in [0.2, 0.25) is 0 Å². The lowest BCUT2D eigenvalue weighted by atomic mass is 10.2. The van der Waals surface area contributed by atoms with Crippen LogP contribution in [-0.4, -0.2) is 35.3 Å². The Labute approximate surface area is 87.7 Å². The van der Waals surface area contributed by atoms with Gasteiger partial charge in [0.15, 0.2) is 0 Å². The second-order valence-electron chi connectivity index (χ2n) is 3.24. The number of nitrogens with zero attached hydrogens (tertiary/aromatic N) is 1.